The van der Waals surface area contributed by atoms with Crippen molar-refractivity contribution in [2.24, 2.45) is 0 Å². The number of H-pyrrole nitrogens is 1. The second-order valence-corrected chi connectivity index (χ2v) is 6.25. The van der Waals surface area contributed by atoms with Gasteiger partial charge in [-0.3, -0.25) is 4.79 Å². The topological polar surface area (TPSA) is 50.7 Å². The largest absolute Gasteiger partial charge is 0.308 e. The van der Waals surface area contributed by atoms with Gasteiger partial charge in [-0.1, -0.05) is 17.4 Å². The maximum atomic E-state index is 12.0. The van der Waals surface area contributed by atoms with E-state index in [0.717, 1.165) is 11.4 Å². The van der Waals surface area contributed by atoms with Gasteiger partial charge in [0.25, 0.3) is 5.56 Å². The van der Waals surface area contributed by atoms with Crippen LogP contribution in [0.3, 0.4) is 0 Å². The van der Waals surface area contributed by atoms with Gasteiger partial charge in [-0.05, 0) is 30.6 Å². The zero-order chi connectivity index (χ0) is 12.7. The standard InChI is InChI=1S/C11H9N3OS3/c1-2-14-9-7(18-11(14)16)10(15)13-8(12-9)6-4-3-5-17-6/h3-5H,2H2,1H3,(H,12,13,15). The molecule has 0 aromatic carbocycles. The number of hydrogen-bond donors (Lipinski definition) is 1. The van der Waals surface area contributed by atoms with Crippen LogP contribution in [0, 0.1) is 3.95 Å². The van der Waals surface area contributed by atoms with E-state index < -0.39 is 0 Å². The molecule has 0 aliphatic carbocycles. The first-order chi connectivity index (χ1) is 8.70. The quantitative estimate of drug-likeness (QED) is 0.738. The van der Waals surface area contributed by atoms with Crippen LogP contribution >= 0.6 is 34.9 Å². The number of rotatable bonds is 2. The van der Waals surface area contributed by atoms with Crippen molar-refractivity contribution in [1.82, 2.24) is 14.5 Å². The van der Waals surface area contributed by atoms with E-state index in [1.165, 1.54) is 11.3 Å². The number of aromatic amines is 1. The third kappa shape index (κ3) is 1.75. The molecular formula is C11H9N3OS3. The van der Waals surface area contributed by atoms with E-state index in [1.54, 1.807) is 11.3 Å². The van der Waals surface area contributed by atoms with Gasteiger partial charge < -0.3 is 9.55 Å². The van der Waals surface area contributed by atoms with Crippen molar-refractivity contribution in [3.8, 4) is 10.7 Å². The van der Waals surface area contributed by atoms with E-state index in [0.29, 0.717) is 20.1 Å². The minimum Gasteiger partial charge on any atom is -0.308 e. The Kier molecular flexibility index (Phi) is 2.89. The molecule has 3 aromatic heterocycles. The molecule has 3 rings (SSSR count). The Morgan fingerprint density at radius 2 is 2.39 bits per heavy atom. The smallest absolute Gasteiger partial charge is 0.270 e. The molecule has 0 aliphatic rings. The Balaban J connectivity index is 2.39. The highest BCUT2D eigenvalue weighted by molar-refractivity contribution is 7.73. The Morgan fingerprint density at radius 1 is 1.56 bits per heavy atom. The molecule has 3 heterocycles. The number of nitrogens with zero attached hydrogens (tertiary/aromatic N) is 2. The first-order valence-corrected chi connectivity index (χ1v) is 7.48. The SMILES string of the molecule is CCn1c(=S)sc2c(=O)[nH]c(-c3cccs3)nc21. The molecule has 1 N–H and O–H groups in total. The number of aryl methyl sites for hydroxylation is 1. The van der Waals surface area contributed by atoms with E-state index in [4.69, 9.17) is 12.2 Å². The lowest BCUT2D eigenvalue weighted by atomic mass is 10.4. The maximum absolute atomic E-state index is 12.0. The molecule has 0 aliphatic heterocycles. The molecule has 0 saturated heterocycles. The van der Waals surface area contributed by atoms with Crippen LogP contribution in [0.15, 0.2) is 22.3 Å². The van der Waals surface area contributed by atoms with Gasteiger partial charge in [0.15, 0.2) is 15.4 Å². The summed E-state index contributed by atoms with van der Waals surface area (Å²) in [5.41, 5.74) is 0.561. The van der Waals surface area contributed by atoms with Crippen LogP contribution < -0.4 is 5.56 Å². The van der Waals surface area contributed by atoms with Gasteiger partial charge in [-0.25, -0.2) is 4.98 Å². The van der Waals surface area contributed by atoms with Gasteiger partial charge in [0.2, 0.25) is 0 Å². The van der Waals surface area contributed by atoms with Crippen LogP contribution in [0.4, 0.5) is 0 Å². The van der Waals surface area contributed by atoms with Gasteiger partial charge in [-0.2, -0.15) is 0 Å². The Morgan fingerprint density at radius 3 is 3.06 bits per heavy atom. The van der Waals surface area contributed by atoms with Gasteiger partial charge in [0, 0.05) is 6.54 Å². The number of fused-ring (bicyclic) bond motifs is 1. The van der Waals surface area contributed by atoms with E-state index >= 15 is 0 Å². The molecule has 7 heteroatoms. The second kappa shape index (κ2) is 4.42. The lowest BCUT2D eigenvalue weighted by molar-refractivity contribution is 0.782. The molecule has 0 bridgehead atoms. The van der Waals surface area contributed by atoms with E-state index in [1.807, 2.05) is 29.0 Å². The van der Waals surface area contributed by atoms with Crippen molar-refractivity contribution in [2.45, 2.75) is 13.5 Å². The molecule has 0 amide bonds. The zero-order valence-electron chi connectivity index (χ0n) is 9.47. The van der Waals surface area contributed by atoms with Crippen LogP contribution in [0.2, 0.25) is 0 Å². The molecule has 0 spiro atoms. The molecule has 18 heavy (non-hydrogen) atoms. The summed E-state index contributed by atoms with van der Waals surface area (Å²) in [5, 5.41) is 1.96. The van der Waals surface area contributed by atoms with Gasteiger partial charge in [-0.15, -0.1) is 11.3 Å². The summed E-state index contributed by atoms with van der Waals surface area (Å²) in [5.74, 6) is 0.609. The molecule has 0 radical (unpaired) electrons. The zero-order valence-corrected chi connectivity index (χ0v) is 11.9. The van der Waals surface area contributed by atoms with Crippen LogP contribution in [0.5, 0.6) is 0 Å². The summed E-state index contributed by atoms with van der Waals surface area (Å²) < 4.78 is 3.18. The summed E-state index contributed by atoms with van der Waals surface area (Å²) in [7, 11) is 0. The van der Waals surface area contributed by atoms with Gasteiger partial charge in [0.05, 0.1) is 4.88 Å². The lowest BCUT2D eigenvalue weighted by Gasteiger charge is -2.00. The summed E-state index contributed by atoms with van der Waals surface area (Å²) in [6.45, 7) is 2.72. The van der Waals surface area contributed by atoms with Gasteiger partial charge in [0.1, 0.15) is 4.70 Å². The highest BCUT2D eigenvalue weighted by Gasteiger charge is 2.12. The highest BCUT2D eigenvalue weighted by Crippen LogP contribution is 2.23. The molecular weight excluding hydrogens is 286 g/mol. The molecule has 0 atom stereocenters. The van der Waals surface area contributed by atoms with E-state index in [9.17, 15) is 4.79 Å². The molecule has 0 fully saturated rings. The Labute approximate surface area is 116 Å². The van der Waals surface area contributed by atoms with E-state index in [2.05, 4.69) is 9.97 Å². The fraction of sp³-hybridized carbons (Fsp3) is 0.182. The van der Waals surface area contributed by atoms with Crippen LogP contribution in [0.1, 0.15) is 6.92 Å². The Bertz CT molecular complexity index is 810. The summed E-state index contributed by atoms with van der Waals surface area (Å²) >= 11 is 8.11. The number of thiophene rings is 1. The molecule has 0 unspecified atom stereocenters. The van der Waals surface area contributed by atoms with Crippen molar-refractivity contribution < 1.29 is 0 Å². The number of hydrogen-bond acceptors (Lipinski definition) is 5. The lowest BCUT2D eigenvalue weighted by Crippen LogP contribution is -2.09. The Hall–Kier alpha value is -1.31. The predicted molar refractivity (Wildman–Crippen MR) is 78.1 cm³/mol. The minimum atomic E-state index is -0.119. The van der Waals surface area contributed by atoms with Crippen LogP contribution in [-0.4, -0.2) is 14.5 Å². The third-order valence-corrected chi connectivity index (χ3v) is 4.91. The second-order valence-electron chi connectivity index (χ2n) is 3.66. The molecule has 92 valence electrons. The normalized spacial score (nSPS) is 11.2. The van der Waals surface area contributed by atoms with Crippen molar-refractivity contribution in [1.29, 1.82) is 0 Å². The average Bonchev–Trinajstić information content (AvgIpc) is 2.95. The summed E-state index contributed by atoms with van der Waals surface area (Å²) in [4.78, 5) is 20.3. The van der Waals surface area contributed by atoms with Crippen molar-refractivity contribution >= 4 is 45.2 Å². The third-order valence-electron chi connectivity index (χ3n) is 2.60. The van der Waals surface area contributed by atoms with Crippen molar-refractivity contribution in [3.05, 3.63) is 31.8 Å². The highest BCUT2D eigenvalue weighted by atomic mass is 32.1. The minimum absolute atomic E-state index is 0.119. The molecule has 4 nitrogen and oxygen atoms in total. The first kappa shape index (κ1) is 11.8. The average molecular weight is 295 g/mol. The maximum Gasteiger partial charge on any atom is 0.270 e. The monoisotopic (exact) mass is 295 g/mol. The predicted octanol–water partition coefficient (Wildman–Crippen LogP) is 3.26. The van der Waals surface area contributed by atoms with E-state index in [-0.39, 0.29) is 5.56 Å². The number of nitrogens with one attached hydrogen (secondary N) is 1. The van der Waals surface area contributed by atoms with Crippen molar-refractivity contribution in [3.63, 3.8) is 0 Å². The fourth-order valence-corrected chi connectivity index (χ4v) is 3.79. The fourth-order valence-electron chi connectivity index (χ4n) is 1.76. The first-order valence-electron chi connectivity index (χ1n) is 5.38. The molecule has 0 saturated carbocycles. The number of aromatic nitrogens is 3. The number of thiazole rings is 1. The van der Waals surface area contributed by atoms with Crippen LogP contribution in [-0.2, 0) is 6.54 Å². The molecule has 3 aromatic rings. The van der Waals surface area contributed by atoms with Crippen molar-refractivity contribution in [2.75, 3.05) is 0 Å². The summed E-state index contributed by atoms with van der Waals surface area (Å²) in [6.07, 6.45) is 0. The van der Waals surface area contributed by atoms with Crippen LogP contribution in [0.25, 0.3) is 21.0 Å². The summed E-state index contributed by atoms with van der Waals surface area (Å²) in [6, 6.07) is 3.87. The van der Waals surface area contributed by atoms with Gasteiger partial charge >= 0.3 is 0 Å².